The quantitative estimate of drug-likeness (QED) is 0.546. The Morgan fingerprint density at radius 3 is 2.30 bits per heavy atom. The molecule has 3 N–H and O–H groups in total. The Labute approximate surface area is 185 Å². The van der Waals surface area contributed by atoms with Gasteiger partial charge in [-0.25, -0.2) is 0 Å². The van der Waals surface area contributed by atoms with Gasteiger partial charge < -0.3 is 15.3 Å². The fourth-order valence-electron chi connectivity index (χ4n) is 9.23. The highest BCUT2D eigenvalue weighted by Gasteiger charge is 2.62. The molecule has 4 aliphatic rings. The predicted octanol–water partition coefficient (Wildman–Crippen LogP) is 5.55. The fraction of sp³-hybridized carbons (Fsp3) is 1.00. The normalized spacial score (nSPS) is 49.8. The van der Waals surface area contributed by atoms with Crippen LogP contribution in [-0.4, -0.2) is 33.1 Å². The Morgan fingerprint density at radius 1 is 0.933 bits per heavy atom. The maximum Gasteiger partial charge on any atom is 0.0591 e. The van der Waals surface area contributed by atoms with Crippen molar-refractivity contribution in [1.29, 1.82) is 0 Å². The molecule has 3 nitrogen and oxygen atoms in total. The average molecular weight is 421 g/mol. The Kier molecular flexibility index (Phi) is 6.17. The van der Waals surface area contributed by atoms with E-state index in [4.69, 9.17) is 0 Å². The van der Waals surface area contributed by atoms with E-state index in [0.717, 1.165) is 44.4 Å². The molecule has 0 radical (unpaired) electrons. The summed E-state index contributed by atoms with van der Waals surface area (Å²) in [5, 5.41) is 31.7. The summed E-state index contributed by atoms with van der Waals surface area (Å²) < 4.78 is 0. The largest absolute Gasteiger partial charge is 0.393 e. The summed E-state index contributed by atoms with van der Waals surface area (Å²) in [6.45, 7) is 11.4. The standard InChI is InChI=1S/C27H48O3/c1-17(7-6-12-25(2,3)30)20-8-9-21-24-22(11-14-27(20,21)5)26(4)13-10-19(28)15-18(26)16-23(24)29/h17-24,28-30H,6-16H2,1-5H3/t17-,18-,19+,20-,21-,22-,23+,24-,26-,27-/m1/s1. The number of aliphatic hydroxyl groups excluding tert-OH is 2. The molecule has 4 aliphatic carbocycles. The van der Waals surface area contributed by atoms with Crippen molar-refractivity contribution in [3.63, 3.8) is 0 Å². The van der Waals surface area contributed by atoms with E-state index in [-0.39, 0.29) is 12.2 Å². The van der Waals surface area contributed by atoms with E-state index >= 15 is 0 Å². The van der Waals surface area contributed by atoms with Crippen LogP contribution in [0.2, 0.25) is 0 Å². The van der Waals surface area contributed by atoms with E-state index in [1.807, 2.05) is 13.8 Å². The third-order valence-electron chi connectivity index (χ3n) is 10.9. The minimum Gasteiger partial charge on any atom is -0.393 e. The van der Waals surface area contributed by atoms with Gasteiger partial charge in [0.2, 0.25) is 0 Å². The zero-order chi connectivity index (χ0) is 21.9. The van der Waals surface area contributed by atoms with Crippen LogP contribution in [-0.2, 0) is 0 Å². The van der Waals surface area contributed by atoms with Gasteiger partial charge in [0, 0.05) is 0 Å². The summed E-state index contributed by atoms with van der Waals surface area (Å²) in [7, 11) is 0. The van der Waals surface area contributed by atoms with Gasteiger partial charge in [-0.3, -0.25) is 0 Å². The molecule has 4 rings (SSSR count). The molecule has 0 spiro atoms. The summed E-state index contributed by atoms with van der Waals surface area (Å²) >= 11 is 0. The van der Waals surface area contributed by atoms with Gasteiger partial charge in [0.1, 0.15) is 0 Å². The molecule has 0 saturated heterocycles. The molecule has 0 aromatic carbocycles. The molecule has 10 atom stereocenters. The van der Waals surface area contributed by atoms with E-state index < -0.39 is 5.60 Å². The van der Waals surface area contributed by atoms with Gasteiger partial charge in [-0.05, 0) is 118 Å². The number of aliphatic hydroxyl groups is 3. The monoisotopic (exact) mass is 420 g/mol. The van der Waals surface area contributed by atoms with Crippen LogP contribution in [0.15, 0.2) is 0 Å². The summed E-state index contributed by atoms with van der Waals surface area (Å²) in [6, 6.07) is 0. The van der Waals surface area contributed by atoms with E-state index in [1.165, 1.54) is 32.1 Å². The highest BCUT2D eigenvalue weighted by molar-refractivity contribution is 5.11. The van der Waals surface area contributed by atoms with Gasteiger partial charge in [-0.1, -0.05) is 33.6 Å². The summed E-state index contributed by atoms with van der Waals surface area (Å²) in [6.07, 6.45) is 12.0. The predicted molar refractivity (Wildman–Crippen MR) is 122 cm³/mol. The van der Waals surface area contributed by atoms with E-state index in [1.54, 1.807) is 0 Å². The maximum atomic E-state index is 11.4. The smallest absolute Gasteiger partial charge is 0.0591 e. The van der Waals surface area contributed by atoms with E-state index in [0.29, 0.717) is 40.4 Å². The Balaban J connectivity index is 1.49. The lowest BCUT2D eigenvalue weighted by Gasteiger charge is -2.62. The van der Waals surface area contributed by atoms with Crippen molar-refractivity contribution in [3.8, 4) is 0 Å². The summed E-state index contributed by atoms with van der Waals surface area (Å²) in [4.78, 5) is 0. The van der Waals surface area contributed by atoms with Crippen LogP contribution >= 0.6 is 0 Å². The van der Waals surface area contributed by atoms with Crippen LogP contribution in [0, 0.1) is 46.3 Å². The van der Waals surface area contributed by atoms with Crippen LogP contribution in [0.4, 0.5) is 0 Å². The summed E-state index contributed by atoms with van der Waals surface area (Å²) in [5.41, 5.74) is 0.139. The van der Waals surface area contributed by atoms with Crippen molar-refractivity contribution in [2.75, 3.05) is 0 Å². The number of hydrogen-bond acceptors (Lipinski definition) is 3. The molecule has 174 valence electrons. The van der Waals surface area contributed by atoms with Crippen LogP contribution in [0.1, 0.15) is 105 Å². The van der Waals surface area contributed by atoms with Crippen molar-refractivity contribution < 1.29 is 15.3 Å². The number of hydrogen-bond donors (Lipinski definition) is 3. The Morgan fingerprint density at radius 2 is 1.60 bits per heavy atom. The van der Waals surface area contributed by atoms with Gasteiger partial charge in [-0.2, -0.15) is 0 Å². The lowest BCUT2D eigenvalue weighted by Crippen LogP contribution is -2.58. The van der Waals surface area contributed by atoms with E-state index in [9.17, 15) is 15.3 Å². The van der Waals surface area contributed by atoms with Crippen molar-refractivity contribution in [2.24, 2.45) is 46.3 Å². The maximum absolute atomic E-state index is 11.4. The van der Waals surface area contributed by atoms with Crippen LogP contribution in [0.25, 0.3) is 0 Å². The molecule has 0 aromatic heterocycles. The van der Waals surface area contributed by atoms with Gasteiger partial charge in [0.15, 0.2) is 0 Å². The molecular formula is C27H48O3. The number of fused-ring (bicyclic) bond motifs is 5. The second-order valence-electron chi connectivity index (χ2n) is 13.1. The topological polar surface area (TPSA) is 60.7 Å². The average Bonchev–Trinajstić information content (AvgIpc) is 2.99. The molecule has 4 fully saturated rings. The van der Waals surface area contributed by atoms with Crippen LogP contribution in [0.5, 0.6) is 0 Å². The SMILES string of the molecule is C[C@H](CCCC(C)(C)O)[C@H]1CC[C@@H]2[C@@H]3[C@@H](CC[C@@]21C)[C@]1(C)CC[C@H](O)C[C@@H]1C[C@@H]3O. The molecular weight excluding hydrogens is 372 g/mol. The van der Waals surface area contributed by atoms with Gasteiger partial charge in [0.05, 0.1) is 17.8 Å². The molecule has 0 amide bonds. The first-order chi connectivity index (χ1) is 14.0. The second kappa shape index (κ2) is 8.03. The van der Waals surface area contributed by atoms with E-state index in [2.05, 4.69) is 20.8 Å². The molecule has 0 bridgehead atoms. The Bertz CT molecular complexity index is 612. The molecule has 0 heterocycles. The third-order valence-corrected chi connectivity index (χ3v) is 10.9. The molecule has 0 aromatic rings. The molecule has 0 aliphatic heterocycles. The molecule has 0 unspecified atom stereocenters. The zero-order valence-corrected chi connectivity index (χ0v) is 20.2. The van der Waals surface area contributed by atoms with Crippen molar-refractivity contribution in [1.82, 2.24) is 0 Å². The molecule has 3 heteroatoms. The van der Waals surface area contributed by atoms with Crippen molar-refractivity contribution >= 4 is 0 Å². The second-order valence-corrected chi connectivity index (χ2v) is 13.1. The van der Waals surface area contributed by atoms with Crippen molar-refractivity contribution in [3.05, 3.63) is 0 Å². The highest BCUT2D eigenvalue weighted by atomic mass is 16.3. The third kappa shape index (κ3) is 3.90. The van der Waals surface area contributed by atoms with Crippen LogP contribution < -0.4 is 0 Å². The van der Waals surface area contributed by atoms with Gasteiger partial charge >= 0.3 is 0 Å². The van der Waals surface area contributed by atoms with Crippen LogP contribution in [0.3, 0.4) is 0 Å². The minimum absolute atomic E-state index is 0.152. The zero-order valence-electron chi connectivity index (χ0n) is 20.2. The summed E-state index contributed by atoms with van der Waals surface area (Å²) in [5.74, 6) is 3.73. The molecule has 4 saturated carbocycles. The highest BCUT2D eigenvalue weighted by Crippen LogP contribution is 2.68. The Hall–Kier alpha value is -0.120. The van der Waals surface area contributed by atoms with Gasteiger partial charge in [0.25, 0.3) is 0 Å². The first kappa shape index (κ1) is 23.1. The first-order valence-corrected chi connectivity index (χ1v) is 13.0. The molecule has 30 heavy (non-hydrogen) atoms. The fourth-order valence-corrected chi connectivity index (χ4v) is 9.23. The lowest BCUT2D eigenvalue weighted by molar-refractivity contribution is -0.174. The van der Waals surface area contributed by atoms with Crippen molar-refractivity contribution in [2.45, 2.75) is 123 Å². The van der Waals surface area contributed by atoms with Gasteiger partial charge in [-0.15, -0.1) is 0 Å². The number of rotatable bonds is 5. The lowest BCUT2D eigenvalue weighted by atomic mass is 9.43. The minimum atomic E-state index is -0.550. The first-order valence-electron chi connectivity index (χ1n) is 13.0.